The normalized spacial score (nSPS) is 27.2. The fourth-order valence-electron chi connectivity index (χ4n) is 2.21. The van der Waals surface area contributed by atoms with E-state index in [2.05, 4.69) is 12.2 Å². The zero-order valence-electron chi connectivity index (χ0n) is 10.9. The molecular formula is C13H18N2O3. The molecule has 1 saturated heterocycles. The SMILES string of the molecule is Cc1cc([N+](=O)[O-])ccc1NC1(C)CCOC1C. The smallest absolute Gasteiger partial charge is 0.269 e. The third kappa shape index (κ3) is 2.31. The van der Waals surface area contributed by atoms with Crippen molar-refractivity contribution >= 4 is 11.4 Å². The van der Waals surface area contributed by atoms with Crippen LogP contribution in [-0.4, -0.2) is 23.2 Å². The number of non-ortho nitro benzene ring substituents is 1. The highest BCUT2D eigenvalue weighted by Gasteiger charge is 2.37. The first-order chi connectivity index (χ1) is 8.42. The van der Waals surface area contributed by atoms with E-state index in [-0.39, 0.29) is 22.3 Å². The van der Waals surface area contributed by atoms with Crippen molar-refractivity contribution in [3.63, 3.8) is 0 Å². The Morgan fingerprint density at radius 3 is 2.78 bits per heavy atom. The van der Waals surface area contributed by atoms with E-state index in [0.717, 1.165) is 24.3 Å². The van der Waals surface area contributed by atoms with E-state index in [0.29, 0.717) is 0 Å². The largest absolute Gasteiger partial charge is 0.377 e. The maximum Gasteiger partial charge on any atom is 0.269 e. The first-order valence-corrected chi connectivity index (χ1v) is 6.07. The Balaban J connectivity index is 2.22. The molecule has 5 nitrogen and oxygen atoms in total. The van der Waals surface area contributed by atoms with Gasteiger partial charge < -0.3 is 10.1 Å². The van der Waals surface area contributed by atoms with E-state index in [4.69, 9.17) is 4.74 Å². The highest BCUT2D eigenvalue weighted by atomic mass is 16.6. The molecule has 18 heavy (non-hydrogen) atoms. The van der Waals surface area contributed by atoms with E-state index in [1.165, 1.54) is 6.07 Å². The Morgan fingerprint density at radius 2 is 2.28 bits per heavy atom. The zero-order chi connectivity index (χ0) is 13.3. The van der Waals surface area contributed by atoms with Crippen molar-refractivity contribution in [1.82, 2.24) is 0 Å². The molecule has 0 aromatic heterocycles. The predicted octanol–water partition coefficient (Wildman–Crippen LogP) is 2.88. The Bertz CT molecular complexity index is 475. The van der Waals surface area contributed by atoms with Gasteiger partial charge in [0.25, 0.3) is 5.69 Å². The van der Waals surface area contributed by atoms with Gasteiger partial charge in [0.05, 0.1) is 16.6 Å². The summed E-state index contributed by atoms with van der Waals surface area (Å²) < 4.78 is 5.57. The lowest BCUT2D eigenvalue weighted by atomic mass is 9.94. The molecule has 98 valence electrons. The predicted molar refractivity (Wildman–Crippen MR) is 69.9 cm³/mol. The van der Waals surface area contributed by atoms with Gasteiger partial charge in [-0.1, -0.05) is 0 Å². The summed E-state index contributed by atoms with van der Waals surface area (Å²) in [5.74, 6) is 0. The van der Waals surface area contributed by atoms with E-state index in [1.807, 2.05) is 13.8 Å². The number of anilines is 1. The number of nitro groups is 1. The highest BCUT2D eigenvalue weighted by Crippen LogP contribution is 2.31. The molecule has 1 aromatic carbocycles. The lowest BCUT2D eigenvalue weighted by molar-refractivity contribution is -0.384. The number of ether oxygens (including phenoxy) is 1. The van der Waals surface area contributed by atoms with Crippen molar-refractivity contribution in [3.05, 3.63) is 33.9 Å². The maximum absolute atomic E-state index is 10.7. The lowest BCUT2D eigenvalue weighted by Crippen LogP contribution is -2.41. The number of nitrogens with one attached hydrogen (secondary N) is 1. The van der Waals surface area contributed by atoms with Crippen molar-refractivity contribution < 1.29 is 9.66 Å². The van der Waals surface area contributed by atoms with Crippen LogP contribution in [0.4, 0.5) is 11.4 Å². The third-order valence-corrected chi connectivity index (χ3v) is 3.73. The van der Waals surface area contributed by atoms with Crippen LogP contribution in [0.3, 0.4) is 0 Å². The summed E-state index contributed by atoms with van der Waals surface area (Å²) in [4.78, 5) is 10.3. The topological polar surface area (TPSA) is 64.4 Å². The molecule has 0 saturated carbocycles. The van der Waals surface area contributed by atoms with Gasteiger partial charge in [-0.2, -0.15) is 0 Å². The molecule has 2 atom stereocenters. The minimum atomic E-state index is -0.375. The zero-order valence-corrected chi connectivity index (χ0v) is 10.9. The molecule has 1 N–H and O–H groups in total. The van der Waals surface area contributed by atoms with E-state index < -0.39 is 0 Å². The average Bonchev–Trinajstić information content (AvgIpc) is 2.62. The fraction of sp³-hybridized carbons (Fsp3) is 0.538. The number of benzene rings is 1. The van der Waals surface area contributed by atoms with Gasteiger partial charge in [0.2, 0.25) is 0 Å². The number of rotatable bonds is 3. The Hall–Kier alpha value is -1.62. The third-order valence-electron chi connectivity index (χ3n) is 3.73. The highest BCUT2D eigenvalue weighted by molar-refractivity contribution is 5.57. The molecule has 1 aliphatic heterocycles. The molecule has 1 aromatic rings. The van der Waals surface area contributed by atoms with Gasteiger partial charge in [-0.05, 0) is 38.8 Å². The molecule has 1 heterocycles. The molecule has 2 rings (SSSR count). The standard InChI is InChI=1S/C13H18N2O3/c1-9-8-11(15(16)17)4-5-12(9)14-13(3)6-7-18-10(13)2/h4-5,8,10,14H,6-7H2,1-3H3. The lowest BCUT2D eigenvalue weighted by Gasteiger charge is -2.30. The van der Waals surface area contributed by atoms with Crippen molar-refractivity contribution in [2.75, 3.05) is 11.9 Å². The summed E-state index contributed by atoms with van der Waals surface area (Å²) in [5.41, 5.74) is 1.82. The summed E-state index contributed by atoms with van der Waals surface area (Å²) in [7, 11) is 0. The second kappa shape index (κ2) is 4.57. The molecular weight excluding hydrogens is 232 g/mol. The second-order valence-electron chi connectivity index (χ2n) is 5.06. The quantitative estimate of drug-likeness (QED) is 0.661. The molecule has 0 radical (unpaired) electrons. The van der Waals surface area contributed by atoms with Gasteiger partial charge >= 0.3 is 0 Å². The van der Waals surface area contributed by atoms with Crippen LogP contribution in [0.2, 0.25) is 0 Å². The first-order valence-electron chi connectivity index (χ1n) is 6.07. The second-order valence-corrected chi connectivity index (χ2v) is 5.06. The summed E-state index contributed by atoms with van der Waals surface area (Å²) in [5, 5.41) is 14.1. The van der Waals surface area contributed by atoms with Crippen molar-refractivity contribution in [1.29, 1.82) is 0 Å². The molecule has 1 aliphatic rings. The van der Waals surface area contributed by atoms with Crippen LogP contribution in [0.1, 0.15) is 25.8 Å². The molecule has 1 fully saturated rings. The Labute approximate surface area is 106 Å². The van der Waals surface area contributed by atoms with E-state index in [1.54, 1.807) is 12.1 Å². The van der Waals surface area contributed by atoms with Gasteiger partial charge in [0.15, 0.2) is 0 Å². The van der Waals surface area contributed by atoms with Crippen LogP contribution in [-0.2, 0) is 4.74 Å². The van der Waals surface area contributed by atoms with Gasteiger partial charge in [-0.25, -0.2) is 0 Å². The van der Waals surface area contributed by atoms with Crippen LogP contribution in [0, 0.1) is 17.0 Å². The minimum Gasteiger partial charge on any atom is -0.377 e. The molecule has 0 amide bonds. The average molecular weight is 250 g/mol. The summed E-state index contributed by atoms with van der Waals surface area (Å²) in [6.45, 7) is 6.78. The number of aryl methyl sites for hydroxylation is 1. The summed E-state index contributed by atoms with van der Waals surface area (Å²) in [6.07, 6.45) is 1.07. The molecule has 0 aliphatic carbocycles. The van der Waals surface area contributed by atoms with Gasteiger partial charge in [-0.15, -0.1) is 0 Å². The number of hydrogen-bond acceptors (Lipinski definition) is 4. The van der Waals surface area contributed by atoms with Crippen molar-refractivity contribution in [3.8, 4) is 0 Å². The molecule has 5 heteroatoms. The van der Waals surface area contributed by atoms with E-state index >= 15 is 0 Å². The van der Waals surface area contributed by atoms with Crippen LogP contribution in [0.25, 0.3) is 0 Å². The summed E-state index contributed by atoms with van der Waals surface area (Å²) in [6, 6.07) is 4.88. The monoisotopic (exact) mass is 250 g/mol. The fourth-order valence-corrected chi connectivity index (χ4v) is 2.21. The van der Waals surface area contributed by atoms with Crippen molar-refractivity contribution in [2.45, 2.75) is 38.8 Å². The van der Waals surface area contributed by atoms with Gasteiger partial charge in [0.1, 0.15) is 0 Å². The van der Waals surface area contributed by atoms with Gasteiger partial charge in [-0.3, -0.25) is 10.1 Å². The molecule has 2 unspecified atom stereocenters. The van der Waals surface area contributed by atoms with Crippen LogP contribution < -0.4 is 5.32 Å². The Morgan fingerprint density at radius 1 is 1.56 bits per heavy atom. The maximum atomic E-state index is 10.7. The first kappa shape index (κ1) is 12.8. The van der Waals surface area contributed by atoms with Gasteiger partial charge in [0, 0.05) is 24.4 Å². The van der Waals surface area contributed by atoms with Crippen molar-refractivity contribution in [2.24, 2.45) is 0 Å². The van der Waals surface area contributed by atoms with Crippen LogP contribution >= 0.6 is 0 Å². The summed E-state index contributed by atoms with van der Waals surface area (Å²) >= 11 is 0. The van der Waals surface area contributed by atoms with Crippen LogP contribution in [0.5, 0.6) is 0 Å². The Kier molecular flexibility index (Phi) is 3.26. The molecule has 0 bridgehead atoms. The van der Waals surface area contributed by atoms with Crippen LogP contribution in [0.15, 0.2) is 18.2 Å². The van der Waals surface area contributed by atoms with E-state index in [9.17, 15) is 10.1 Å². The molecule has 0 spiro atoms. The number of hydrogen-bond donors (Lipinski definition) is 1. The minimum absolute atomic E-state index is 0.110. The number of nitrogens with zero attached hydrogens (tertiary/aromatic N) is 1. The number of nitro benzene ring substituents is 1.